The van der Waals surface area contributed by atoms with E-state index in [-0.39, 0.29) is 23.0 Å². The molecule has 0 saturated carbocycles. The third-order valence-electron chi connectivity index (χ3n) is 5.48. The van der Waals surface area contributed by atoms with Crippen LogP contribution in [0.25, 0.3) is 0 Å². The number of carbonyl (C=O) groups is 2. The molecule has 8 heteroatoms. The van der Waals surface area contributed by atoms with Gasteiger partial charge in [-0.25, -0.2) is 0 Å². The van der Waals surface area contributed by atoms with Gasteiger partial charge in [-0.2, -0.15) is 11.8 Å². The molecule has 0 aliphatic rings. The minimum atomic E-state index is -0.504. The van der Waals surface area contributed by atoms with E-state index in [0.717, 1.165) is 27.8 Å². The van der Waals surface area contributed by atoms with Crippen LogP contribution in [0, 0.1) is 5.41 Å². The molecule has 1 N–H and O–H groups in total. The summed E-state index contributed by atoms with van der Waals surface area (Å²) in [6.07, 6.45) is 0.141. The number of nitrogens with zero attached hydrogens (tertiary/aromatic N) is 1. The first-order chi connectivity index (χ1) is 17.5. The molecule has 7 nitrogen and oxygen atoms in total. The fourth-order valence-corrected chi connectivity index (χ4v) is 3.98. The van der Waals surface area contributed by atoms with E-state index in [1.165, 1.54) is 0 Å². The van der Waals surface area contributed by atoms with Crippen LogP contribution >= 0.6 is 11.8 Å². The summed E-state index contributed by atoms with van der Waals surface area (Å²) in [5.41, 5.74) is 1.94. The molecule has 38 heavy (non-hydrogen) atoms. The highest BCUT2D eigenvalue weighted by molar-refractivity contribution is 7.99. The van der Waals surface area contributed by atoms with Crippen LogP contribution in [0.2, 0.25) is 0 Å². The lowest BCUT2D eigenvalue weighted by Crippen LogP contribution is -2.38. The molecule has 2 aromatic rings. The minimum absolute atomic E-state index is 0.0474. The second kappa shape index (κ2) is 12.9. The van der Waals surface area contributed by atoms with Crippen LogP contribution in [0.3, 0.4) is 0 Å². The number of likely N-dealkylation sites (N-methyl/N-ethyl adjacent to an activating group) is 1. The predicted molar refractivity (Wildman–Crippen MR) is 156 cm³/mol. The van der Waals surface area contributed by atoms with Crippen molar-refractivity contribution in [1.29, 1.82) is 0 Å². The van der Waals surface area contributed by atoms with Gasteiger partial charge in [-0.05, 0) is 35.9 Å². The summed E-state index contributed by atoms with van der Waals surface area (Å²) >= 11 is 1.79. The van der Waals surface area contributed by atoms with E-state index in [0.29, 0.717) is 29.6 Å². The fraction of sp³-hybridized carbons (Fsp3) is 0.533. The maximum Gasteiger partial charge on any atom is 0.310 e. The number of benzene rings is 2. The van der Waals surface area contributed by atoms with Gasteiger partial charge in [-0.3, -0.25) is 9.59 Å². The molecule has 210 valence electrons. The number of anilines is 1. The highest BCUT2D eigenvalue weighted by Crippen LogP contribution is 2.38. The molecule has 0 unspecified atom stereocenters. The molecule has 2 rings (SSSR count). The van der Waals surface area contributed by atoms with Crippen LogP contribution in [0.4, 0.5) is 5.69 Å². The first-order valence-electron chi connectivity index (χ1n) is 12.9. The van der Waals surface area contributed by atoms with E-state index in [4.69, 9.17) is 14.2 Å². The highest BCUT2D eigenvalue weighted by atomic mass is 32.2. The Kier molecular flexibility index (Phi) is 10.7. The molecular formula is C30H45N2O5S+. The van der Waals surface area contributed by atoms with Gasteiger partial charge in [0.1, 0.15) is 18.9 Å². The number of thioether (sulfide) groups is 1. The van der Waals surface area contributed by atoms with Crippen molar-refractivity contribution in [1.82, 2.24) is 0 Å². The quantitative estimate of drug-likeness (QED) is 0.264. The third-order valence-corrected chi connectivity index (χ3v) is 6.80. The summed E-state index contributed by atoms with van der Waals surface area (Å²) in [5, 5.41) is 3.01. The van der Waals surface area contributed by atoms with E-state index >= 15 is 0 Å². The first kappa shape index (κ1) is 31.5. The van der Waals surface area contributed by atoms with Crippen LogP contribution in [0.1, 0.15) is 52.7 Å². The van der Waals surface area contributed by atoms with Crippen molar-refractivity contribution in [2.75, 3.05) is 46.7 Å². The number of amides is 1. The number of nitrogens with one attached hydrogen (secondary N) is 1. The van der Waals surface area contributed by atoms with Crippen LogP contribution in [0.15, 0.2) is 36.4 Å². The van der Waals surface area contributed by atoms with Crippen LogP contribution < -0.4 is 14.8 Å². The molecule has 0 saturated heterocycles. The van der Waals surface area contributed by atoms with E-state index in [2.05, 4.69) is 47.2 Å². The lowest BCUT2D eigenvalue weighted by atomic mass is 9.95. The maximum atomic E-state index is 12.6. The number of esters is 1. The Bertz CT molecular complexity index is 1110. The van der Waals surface area contributed by atoms with Gasteiger partial charge >= 0.3 is 5.97 Å². The lowest BCUT2D eigenvalue weighted by molar-refractivity contribution is -0.870. The number of hydrogen-bond donors (Lipinski definition) is 1. The van der Waals surface area contributed by atoms with Gasteiger partial charge in [0.2, 0.25) is 5.91 Å². The van der Waals surface area contributed by atoms with Gasteiger partial charge in [0.05, 0.1) is 34.7 Å². The van der Waals surface area contributed by atoms with Gasteiger partial charge in [-0.15, -0.1) is 0 Å². The smallest absolute Gasteiger partial charge is 0.310 e. The number of carbonyl (C=O) groups excluding carboxylic acids is 2. The lowest BCUT2D eigenvalue weighted by Gasteiger charge is -2.23. The van der Waals surface area contributed by atoms with Gasteiger partial charge in [0.15, 0.2) is 11.5 Å². The monoisotopic (exact) mass is 545 g/mol. The van der Waals surface area contributed by atoms with Crippen molar-refractivity contribution in [3.05, 3.63) is 47.5 Å². The zero-order chi connectivity index (χ0) is 28.7. The Morgan fingerprint density at radius 2 is 1.58 bits per heavy atom. The molecule has 0 aliphatic heterocycles. The largest absolute Gasteiger partial charge is 0.493 e. The SMILES string of the molecule is COc1ccc(CC(=O)OCC[N+](C)(C)C)cc1Oc1ccc(NC(=O)C(C)(C)C)cc1CSC(C)(C)C. The topological polar surface area (TPSA) is 73.9 Å². The summed E-state index contributed by atoms with van der Waals surface area (Å²) in [7, 11) is 7.75. The molecule has 1 amide bonds. The van der Waals surface area contributed by atoms with E-state index in [1.807, 2.05) is 51.1 Å². The highest BCUT2D eigenvalue weighted by Gasteiger charge is 2.22. The molecule has 0 atom stereocenters. The first-order valence-corrected chi connectivity index (χ1v) is 13.8. The summed E-state index contributed by atoms with van der Waals surface area (Å²) in [6, 6.07) is 11.1. The van der Waals surface area contributed by atoms with Crippen molar-refractivity contribution in [2.24, 2.45) is 5.41 Å². The van der Waals surface area contributed by atoms with Crippen molar-refractivity contribution in [3.63, 3.8) is 0 Å². The van der Waals surface area contributed by atoms with Gasteiger partial charge in [-0.1, -0.05) is 47.6 Å². The van der Waals surface area contributed by atoms with Gasteiger partial charge < -0.3 is 24.0 Å². The van der Waals surface area contributed by atoms with Crippen molar-refractivity contribution in [2.45, 2.75) is 58.5 Å². The predicted octanol–water partition coefficient (Wildman–Crippen LogP) is 6.30. The van der Waals surface area contributed by atoms with Crippen molar-refractivity contribution >= 4 is 29.3 Å². The summed E-state index contributed by atoms with van der Waals surface area (Å²) in [6.45, 7) is 13.2. The molecule has 0 aromatic heterocycles. The summed E-state index contributed by atoms with van der Waals surface area (Å²) in [5.74, 6) is 2.10. The number of rotatable bonds is 11. The fourth-order valence-electron chi connectivity index (χ4n) is 3.16. The number of methoxy groups -OCH3 is 1. The van der Waals surface area contributed by atoms with Crippen LogP contribution in [0.5, 0.6) is 17.2 Å². The van der Waals surface area contributed by atoms with Gasteiger partial charge in [0.25, 0.3) is 0 Å². The Balaban J connectivity index is 2.29. The summed E-state index contributed by atoms with van der Waals surface area (Å²) < 4.78 is 18.1. The number of ether oxygens (including phenoxy) is 3. The van der Waals surface area contributed by atoms with E-state index in [1.54, 1.807) is 24.9 Å². The number of hydrogen-bond acceptors (Lipinski definition) is 6. The average molecular weight is 546 g/mol. The van der Waals surface area contributed by atoms with Crippen molar-refractivity contribution in [3.8, 4) is 17.2 Å². The van der Waals surface area contributed by atoms with Crippen LogP contribution in [-0.4, -0.2) is 62.5 Å². The van der Waals surface area contributed by atoms with Gasteiger partial charge in [0, 0.05) is 27.2 Å². The Morgan fingerprint density at radius 1 is 0.921 bits per heavy atom. The van der Waals surface area contributed by atoms with Crippen molar-refractivity contribution < 1.29 is 28.3 Å². The zero-order valence-electron chi connectivity index (χ0n) is 24.7. The number of quaternary nitrogens is 1. The molecule has 0 bridgehead atoms. The second-order valence-corrected chi connectivity index (χ2v) is 14.2. The summed E-state index contributed by atoms with van der Waals surface area (Å²) in [4.78, 5) is 25.0. The molecule has 0 spiro atoms. The molecule has 0 heterocycles. The molecular weight excluding hydrogens is 500 g/mol. The molecule has 0 fully saturated rings. The van der Waals surface area contributed by atoms with E-state index in [9.17, 15) is 9.59 Å². The minimum Gasteiger partial charge on any atom is -0.493 e. The Labute approximate surface area is 232 Å². The van der Waals surface area contributed by atoms with E-state index < -0.39 is 5.41 Å². The van der Waals surface area contributed by atoms with Crippen LogP contribution in [-0.2, 0) is 26.5 Å². The Morgan fingerprint density at radius 3 is 2.16 bits per heavy atom. The third kappa shape index (κ3) is 11.0. The maximum absolute atomic E-state index is 12.6. The average Bonchev–Trinajstić information content (AvgIpc) is 2.77. The zero-order valence-corrected chi connectivity index (χ0v) is 25.5. The second-order valence-electron chi connectivity index (χ2n) is 12.4. The molecule has 2 aromatic carbocycles. The molecule has 0 radical (unpaired) electrons. The Hall–Kier alpha value is -2.71. The molecule has 0 aliphatic carbocycles. The normalized spacial score (nSPS) is 12.2. The standard InChI is InChI=1S/C30H44N2O5S/c1-29(2,3)28(34)31-23-12-14-24(22(19-23)20-38-30(4,5)6)37-26-17-21(11-13-25(26)35-10)18-27(33)36-16-15-32(7,8)9/h11-14,17,19H,15-16,18,20H2,1-10H3/p+1.